The quantitative estimate of drug-likeness (QED) is 0.152. The first-order valence-electron chi connectivity index (χ1n) is 11.7. The molecule has 0 saturated heterocycles. The van der Waals surface area contributed by atoms with E-state index in [-0.39, 0.29) is 30.1 Å². The molecule has 0 aliphatic carbocycles. The first-order chi connectivity index (χ1) is 18.8. The number of carbonyl (C=O) groups excluding carboxylic acids is 1. The molecule has 0 fully saturated rings. The number of hydrogen-bond donors (Lipinski definition) is 0. The van der Waals surface area contributed by atoms with Gasteiger partial charge < -0.3 is 9.47 Å². The summed E-state index contributed by atoms with van der Waals surface area (Å²) in [5.74, 6) is -2.67. The summed E-state index contributed by atoms with van der Waals surface area (Å²) in [6.45, 7) is 2.87. The molecule has 0 bridgehead atoms. The smallest absolute Gasteiger partial charge is 0.435 e. The van der Waals surface area contributed by atoms with Crippen LogP contribution < -0.4 is 10.5 Å². The van der Waals surface area contributed by atoms with Crippen molar-refractivity contribution < 1.29 is 53.8 Å². The molecule has 1 aromatic heterocycles. The zero-order valence-electron chi connectivity index (χ0n) is 21.4. The highest BCUT2D eigenvalue weighted by atomic mass is 35.5. The van der Waals surface area contributed by atoms with Gasteiger partial charge in [0.1, 0.15) is 5.02 Å². The minimum atomic E-state index is -5.50. The third kappa shape index (κ3) is 7.77. The van der Waals surface area contributed by atoms with Crippen LogP contribution in [-0.2, 0) is 39.3 Å². The van der Waals surface area contributed by atoms with E-state index >= 15 is 0 Å². The highest BCUT2D eigenvalue weighted by Gasteiger charge is 2.44. The molecule has 0 amide bonds. The second kappa shape index (κ2) is 13.1. The van der Waals surface area contributed by atoms with Crippen molar-refractivity contribution in [2.24, 2.45) is 0 Å². The number of esters is 1. The molecule has 230 valence electrons. The third-order valence-corrected chi connectivity index (χ3v) is 6.04. The maximum atomic E-state index is 13.8. The zero-order valence-corrected chi connectivity index (χ0v) is 22.9. The van der Waals surface area contributed by atoms with Crippen molar-refractivity contribution in [3.05, 3.63) is 49.4 Å². The van der Waals surface area contributed by atoms with Crippen LogP contribution in [0, 0.1) is 0 Å². The lowest BCUT2D eigenvalue weighted by atomic mass is 10.1. The normalized spacial score (nSPS) is 13.3. The Bertz CT molecular complexity index is 1310. The van der Waals surface area contributed by atoms with Gasteiger partial charge in [-0.3, -0.25) is 14.3 Å². The fourth-order valence-electron chi connectivity index (χ4n) is 3.52. The van der Waals surface area contributed by atoms with E-state index in [0.717, 1.165) is 0 Å². The second-order valence-electron chi connectivity index (χ2n) is 8.16. The van der Waals surface area contributed by atoms with Gasteiger partial charge >= 0.3 is 24.5 Å². The second-order valence-corrected chi connectivity index (χ2v) is 8.92. The summed E-state index contributed by atoms with van der Waals surface area (Å²) < 4.78 is 135. The number of alkyl halides is 9. The minimum Gasteiger partial charge on any atom is -0.463 e. The van der Waals surface area contributed by atoms with E-state index < -0.39 is 87.9 Å². The van der Waals surface area contributed by atoms with E-state index in [0.29, 0.717) is 11.0 Å². The molecule has 2 aromatic rings. The standard InChI is InChI=1S/C23H22Cl2F9N3O4/c1-4-7-8-36-17(38)15(25)16(23(32,33)34)35-20(36)37(18(40-5-2)19(39)41-6-3)13-10-11(21(26,27)28)9-12(14(13)24)22(29,30)31/h9-10,18H,4-8H2,1-3H3. The first kappa shape index (κ1) is 34.5. The number of aromatic nitrogens is 2. The van der Waals surface area contributed by atoms with Gasteiger partial charge in [-0.2, -0.15) is 39.5 Å². The molecule has 0 radical (unpaired) electrons. The molecule has 2 rings (SSSR count). The molecular formula is C23H22Cl2F9N3O4. The Kier molecular flexibility index (Phi) is 11.0. The molecule has 41 heavy (non-hydrogen) atoms. The van der Waals surface area contributed by atoms with Crippen molar-refractivity contribution in [3.63, 3.8) is 0 Å². The average molecular weight is 646 g/mol. The molecule has 18 heteroatoms. The van der Waals surface area contributed by atoms with Gasteiger partial charge in [-0.15, -0.1) is 0 Å². The molecule has 1 heterocycles. The number of anilines is 2. The topological polar surface area (TPSA) is 73.7 Å². The van der Waals surface area contributed by atoms with Gasteiger partial charge in [0.15, 0.2) is 5.69 Å². The molecular weight excluding hydrogens is 624 g/mol. The van der Waals surface area contributed by atoms with Gasteiger partial charge in [-0.05, 0) is 32.4 Å². The Hall–Kier alpha value is -2.72. The molecule has 0 aliphatic heterocycles. The van der Waals surface area contributed by atoms with Crippen LogP contribution in [0.25, 0.3) is 0 Å². The van der Waals surface area contributed by atoms with Crippen molar-refractivity contribution >= 4 is 40.8 Å². The molecule has 1 atom stereocenters. The lowest BCUT2D eigenvalue weighted by molar-refractivity contribution is -0.155. The Morgan fingerprint density at radius 2 is 1.56 bits per heavy atom. The third-order valence-electron chi connectivity index (χ3n) is 5.31. The fraction of sp³-hybridized carbons (Fsp3) is 0.522. The van der Waals surface area contributed by atoms with Crippen LogP contribution in [0.5, 0.6) is 0 Å². The van der Waals surface area contributed by atoms with Crippen LogP contribution in [0.2, 0.25) is 10.0 Å². The van der Waals surface area contributed by atoms with E-state index in [9.17, 15) is 49.1 Å². The van der Waals surface area contributed by atoms with E-state index in [1.54, 1.807) is 6.92 Å². The summed E-state index contributed by atoms with van der Waals surface area (Å²) in [6.07, 6.45) is -18.3. The van der Waals surface area contributed by atoms with Gasteiger partial charge in [0.2, 0.25) is 12.2 Å². The predicted octanol–water partition coefficient (Wildman–Crippen LogP) is 7.47. The molecule has 0 N–H and O–H groups in total. The minimum absolute atomic E-state index is 0.0566. The molecule has 1 aromatic carbocycles. The largest absolute Gasteiger partial charge is 0.463 e. The summed E-state index contributed by atoms with van der Waals surface area (Å²) in [5, 5.41) is -2.88. The van der Waals surface area contributed by atoms with Crippen LogP contribution >= 0.6 is 23.2 Å². The Balaban J connectivity index is 3.24. The maximum absolute atomic E-state index is 13.8. The van der Waals surface area contributed by atoms with Gasteiger partial charge in [0, 0.05) is 13.2 Å². The SMILES string of the molecule is CCCCn1c(N(c2cc(C(F)(F)F)cc(C(F)(F)F)c2Cl)C(OCC)C(=O)OCC)nc(C(F)(F)F)c(Cl)c1=O. The summed E-state index contributed by atoms with van der Waals surface area (Å²) in [6, 6.07) is -0.258. The Morgan fingerprint density at radius 3 is 2.02 bits per heavy atom. The number of unbranched alkanes of at least 4 members (excludes halogenated alkanes) is 1. The van der Waals surface area contributed by atoms with Gasteiger partial charge in [0.05, 0.1) is 28.4 Å². The van der Waals surface area contributed by atoms with E-state index in [4.69, 9.17) is 32.7 Å². The van der Waals surface area contributed by atoms with Crippen LogP contribution in [0.1, 0.15) is 50.4 Å². The number of benzene rings is 1. The number of nitrogens with zero attached hydrogens (tertiary/aromatic N) is 3. The van der Waals surface area contributed by atoms with E-state index in [2.05, 4.69) is 4.98 Å². The molecule has 0 aliphatic rings. The molecule has 1 unspecified atom stereocenters. The highest BCUT2D eigenvalue weighted by Crippen LogP contribution is 2.46. The number of hydrogen-bond acceptors (Lipinski definition) is 6. The number of carbonyl (C=O) groups is 1. The van der Waals surface area contributed by atoms with E-state index in [1.807, 2.05) is 0 Å². The van der Waals surface area contributed by atoms with Crippen molar-refractivity contribution in [3.8, 4) is 0 Å². The van der Waals surface area contributed by atoms with Crippen molar-refractivity contribution in [1.29, 1.82) is 0 Å². The first-order valence-corrected chi connectivity index (χ1v) is 12.5. The van der Waals surface area contributed by atoms with Gasteiger partial charge in [-0.1, -0.05) is 36.5 Å². The van der Waals surface area contributed by atoms with Crippen molar-refractivity contribution in [2.75, 3.05) is 18.1 Å². The molecule has 7 nitrogen and oxygen atoms in total. The lowest BCUT2D eigenvalue weighted by Gasteiger charge is -2.34. The van der Waals surface area contributed by atoms with Gasteiger partial charge in [-0.25, -0.2) is 9.78 Å². The van der Waals surface area contributed by atoms with E-state index in [1.165, 1.54) is 13.8 Å². The highest BCUT2D eigenvalue weighted by molar-refractivity contribution is 6.34. The van der Waals surface area contributed by atoms with Crippen LogP contribution in [0.15, 0.2) is 16.9 Å². The predicted molar refractivity (Wildman–Crippen MR) is 129 cm³/mol. The number of ether oxygens (including phenoxy) is 2. The Morgan fingerprint density at radius 1 is 0.951 bits per heavy atom. The van der Waals surface area contributed by atoms with Crippen molar-refractivity contribution in [2.45, 2.75) is 64.9 Å². The maximum Gasteiger partial charge on any atom is 0.435 e. The van der Waals surface area contributed by atoms with Crippen LogP contribution in [0.3, 0.4) is 0 Å². The van der Waals surface area contributed by atoms with Crippen LogP contribution in [-0.4, -0.2) is 35.0 Å². The summed E-state index contributed by atoms with van der Waals surface area (Å²) in [7, 11) is 0. The van der Waals surface area contributed by atoms with Gasteiger partial charge in [0.25, 0.3) is 5.56 Å². The zero-order chi connectivity index (χ0) is 31.5. The summed E-state index contributed by atoms with van der Waals surface area (Å²) in [4.78, 5) is 29.4. The van der Waals surface area contributed by atoms with Crippen LogP contribution in [0.4, 0.5) is 51.1 Å². The average Bonchev–Trinajstić information content (AvgIpc) is 2.83. The molecule has 0 saturated carbocycles. The lowest BCUT2D eigenvalue weighted by Crippen LogP contribution is -2.45. The molecule has 0 spiro atoms. The number of halogens is 11. The fourth-order valence-corrected chi connectivity index (χ4v) is 4.08. The summed E-state index contributed by atoms with van der Waals surface area (Å²) in [5.41, 5.74) is -8.83. The number of rotatable bonds is 10. The van der Waals surface area contributed by atoms with Crippen molar-refractivity contribution in [1.82, 2.24) is 9.55 Å². The summed E-state index contributed by atoms with van der Waals surface area (Å²) >= 11 is 11.6. The monoisotopic (exact) mass is 645 g/mol. The Labute approximate surface area is 236 Å².